The number of hydrogen-bond donors (Lipinski definition) is 1. The van der Waals surface area contributed by atoms with Gasteiger partial charge in [0.25, 0.3) is 0 Å². The summed E-state index contributed by atoms with van der Waals surface area (Å²) < 4.78 is 0. The third kappa shape index (κ3) is 2.34. The molecule has 20 heavy (non-hydrogen) atoms. The van der Waals surface area contributed by atoms with Crippen molar-refractivity contribution in [1.29, 1.82) is 0 Å². The topological polar surface area (TPSA) is 49.6 Å². The van der Waals surface area contributed by atoms with E-state index in [1.165, 1.54) is 16.5 Å². The Hall–Kier alpha value is -2.07. The van der Waals surface area contributed by atoms with Gasteiger partial charge in [-0.2, -0.15) is 0 Å². The number of fused-ring (bicyclic) bond motifs is 1. The van der Waals surface area contributed by atoms with Crippen molar-refractivity contribution >= 4 is 22.4 Å². The lowest BCUT2D eigenvalue weighted by molar-refractivity contribution is -0.129. The van der Waals surface area contributed by atoms with Crippen molar-refractivity contribution in [3.8, 4) is 0 Å². The summed E-state index contributed by atoms with van der Waals surface area (Å²) in [7, 11) is 0. The number of nitrogens with zero attached hydrogens (tertiary/aromatic N) is 2. The van der Waals surface area contributed by atoms with Crippen LogP contribution in [0.4, 0.5) is 5.69 Å². The molecule has 1 aliphatic heterocycles. The summed E-state index contributed by atoms with van der Waals surface area (Å²) in [5, 5.41) is 2.53. The van der Waals surface area contributed by atoms with Crippen LogP contribution < -0.4 is 10.6 Å². The lowest BCUT2D eigenvalue weighted by Gasteiger charge is -2.36. The van der Waals surface area contributed by atoms with E-state index >= 15 is 0 Å². The lowest BCUT2D eigenvalue weighted by atomic mass is 10.1. The van der Waals surface area contributed by atoms with E-state index in [1.54, 1.807) is 0 Å². The number of benzene rings is 2. The number of amides is 1. The molecule has 0 saturated carbocycles. The summed E-state index contributed by atoms with van der Waals surface area (Å²) >= 11 is 0. The number of carbonyl (C=O) groups excluding carboxylic acids is 1. The minimum absolute atomic E-state index is 0.0440. The molecule has 0 bridgehead atoms. The summed E-state index contributed by atoms with van der Waals surface area (Å²) in [5.74, 6) is 0.0440. The van der Waals surface area contributed by atoms with Gasteiger partial charge in [0.05, 0.1) is 6.54 Å². The number of hydrogen-bond acceptors (Lipinski definition) is 3. The number of rotatable bonds is 2. The van der Waals surface area contributed by atoms with E-state index in [0.29, 0.717) is 0 Å². The fraction of sp³-hybridized carbons (Fsp3) is 0.312. The third-order valence-electron chi connectivity index (χ3n) is 3.91. The molecule has 2 N–H and O–H groups in total. The van der Waals surface area contributed by atoms with Crippen molar-refractivity contribution in [2.24, 2.45) is 5.73 Å². The zero-order valence-corrected chi connectivity index (χ0v) is 11.5. The normalized spacial score (nSPS) is 15.7. The van der Waals surface area contributed by atoms with Gasteiger partial charge in [-0.1, -0.05) is 36.4 Å². The first kappa shape index (κ1) is 12.9. The van der Waals surface area contributed by atoms with Crippen LogP contribution in [0.2, 0.25) is 0 Å². The van der Waals surface area contributed by atoms with E-state index in [0.717, 1.165) is 26.2 Å². The molecule has 1 fully saturated rings. The van der Waals surface area contributed by atoms with Gasteiger partial charge in [-0.3, -0.25) is 4.79 Å². The predicted octanol–water partition coefficient (Wildman–Crippen LogP) is 1.45. The van der Waals surface area contributed by atoms with Crippen LogP contribution in [0.25, 0.3) is 10.8 Å². The molecule has 0 unspecified atom stereocenters. The average molecular weight is 269 g/mol. The fourth-order valence-electron chi connectivity index (χ4n) is 2.81. The van der Waals surface area contributed by atoms with Crippen LogP contribution in [-0.4, -0.2) is 43.5 Å². The summed E-state index contributed by atoms with van der Waals surface area (Å²) in [6.07, 6.45) is 0. The van der Waals surface area contributed by atoms with E-state index in [9.17, 15) is 4.79 Å². The largest absolute Gasteiger partial charge is 0.367 e. The van der Waals surface area contributed by atoms with Gasteiger partial charge >= 0.3 is 0 Å². The zero-order chi connectivity index (χ0) is 13.9. The van der Waals surface area contributed by atoms with Gasteiger partial charge < -0.3 is 15.5 Å². The molecule has 0 aromatic heterocycles. The highest BCUT2D eigenvalue weighted by Crippen LogP contribution is 2.27. The molecule has 4 nitrogen and oxygen atoms in total. The molecule has 0 radical (unpaired) electrons. The summed E-state index contributed by atoms with van der Waals surface area (Å²) in [6, 6.07) is 14.8. The highest BCUT2D eigenvalue weighted by atomic mass is 16.2. The smallest absolute Gasteiger partial charge is 0.236 e. The maximum Gasteiger partial charge on any atom is 0.236 e. The van der Waals surface area contributed by atoms with E-state index in [4.69, 9.17) is 5.73 Å². The minimum Gasteiger partial charge on any atom is -0.367 e. The average Bonchev–Trinajstić information content (AvgIpc) is 2.54. The molecule has 1 heterocycles. The fourth-order valence-corrected chi connectivity index (χ4v) is 2.81. The van der Waals surface area contributed by atoms with Crippen LogP contribution in [0.5, 0.6) is 0 Å². The Morgan fingerprint density at radius 2 is 1.70 bits per heavy atom. The second-order valence-corrected chi connectivity index (χ2v) is 5.07. The van der Waals surface area contributed by atoms with Crippen molar-refractivity contribution < 1.29 is 4.79 Å². The number of anilines is 1. The molecule has 1 aliphatic rings. The second kappa shape index (κ2) is 5.51. The van der Waals surface area contributed by atoms with Crippen molar-refractivity contribution in [2.75, 3.05) is 37.6 Å². The van der Waals surface area contributed by atoms with Gasteiger partial charge in [-0.15, -0.1) is 0 Å². The molecule has 2 aromatic rings. The molecule has 104 valence electrons. The molecule has 1 saturated heterocycles. The van der Waals surface area contributed by atoms with Crippen molar-refractivity contribution in [1.82, 2.24) is 4.90 Å². The summed E-state index contributed by atoms with van der Waals surface area (Å²) in [4.78, 5) is 15.8. The quantitative estimate of drug-likeness (QED) is 0.897. The molecule has 0 aliphatic carbocycles. The van der Waals surface area contributed by atoms with Crippen molar-refractivity contribution in [3.63, 3.8) is 0 Å². The van der Waals surface area contributed by atoms with Crippen molar-refractivity contribution in [3.05, 3.63) is 42.5 Å². The number of carbonyl (C=O) groups is 1. The van der Waals surface area contributed by atoms with Gasteiger partial charge in [0.15, 0.2) is 0 Å². The Morgan fingerprint density at radius 3 is 2.45 bits per heavy atom. The molecule has 0 atom stereocenters. The molecular formula is C16H19N3O. The molecule has 3 rings (SSSR count). The monoisotopic (exact) mass is 269 g/mol. The van der Waals surface area contributed by atoms with Gasteiger partial charge in [-0.25, -0.2) is 0 Å². The van der Waals surface area contributed by atoms with Crippen LogP contribution in [0, 0.1) is 0 Å². The molecular weight excluding hydrogens is 250 g/mol. The summed E-state index contributed by atoms with van der Waals surface area (Å²) in [5.41, 5.74) is 6.67. The Balaban J connectivity index is 1.82. The van der Waals surface area contributed by atoms with Gasteiger partial charge in [0.2, 0.25) is 5.91 Å². The van der Waals surface area contributed by atoms with Crippen LogP contribution in [0.3, 0.4) is 0 Å². The Bertz CT molecular complexity index is 613. The van der Waals surface area contributed by atoms with E-state index in [2.05, 4.69) is 47.4 Å². The molecule has 1 amide bonds. The Labute approximate surface area is 118 Å². The minimum atomic E-state index is 0.0440. The van der Waals surface area contributed by atoms with Gasteiger partial charge in [0.1, 0.15) is 0 Å². The zero-order valence-electron chi connectivity index (χ0n) is 11.5. The maximum atomic E-state index is 11.6. The van der Waals surface area contributed by atoms with E-state index in [-0.39, 0.29) is 12.5 Å². The third-order valence-corrected chi connectivity index (χ3v) is 3.91. The first-order valence-corrected chi connectivity index (χ1v) is 7.00. The molecule has 0 spiro atoms. The SMILES string of the molecule is NCC(=O)N1CCN(c2cccc3ccccc23)CC1. The lowest BCUT2D eigenvalue weighted by Crippen LogP contribution is -2.50. The van der Waals surface area contributed by atoms with Gasteiger partial charge in [-0.05, 0) is 11.5 Å². The van der Waals surface area contributed by atoms with Crippen molar-refractivity contribution in [2.45, 2.75) is 0 Å². The van der Waals surface area contributed by atoms with Crippen LogP contribution in [0.1, 0.15) is 0 Å². The Morgan fingerprint density at radius 1 is 1.00 bits per heavy atom. The van der Waals surface area contributed by atoms with E-state index < -0.39 is 0 Å². The first-order valence-electron chi connectivity index (χ1n) is 7.00. The Kier molecular flexibility index (Phi) is 3.56. The highest BCUT2D eigenvalue weighted by molar-refractivity contribution is 5.94. The second-order valence-electron chi connectivity index (χ2n) is 5.07. The standard InChI is InChI=1S/C16H19N3O/c17-12-16(20)19-10-8-18(9-11-19)15-7-3-5-13-4-1-2-6-14(13)15/h1-7H,8-12,17H2. The van der Waals surface area contributed by atoms with Crippen LogP contribution in [0.15, 0.2) is 42.5 Å². The number of nitrogens with two attached hydrogens (primary N) is 1. The van der Waals surface area contributed by atoms with Crippen LogP contribution in [-0.2, 0) is 4.79 Å². The van der Waals surface area contributed by atoms with Crippen LogP contribution >= 0.6 is 0 Å². The molecule has 2 aromatic carbocycles. The maximum absolute atomic E-state index is 11.6. The van der Waals surface area contributed by atoms with E-state index in [1.807, 2.05) is 4.90 Å². The predicted molar refractivity (Wildman–Crippen MR) is 81.8 cm³/mol. The molecule has 4 heteroatoms. The summed E-state index contributed by atoms with van der Waals surface area (Å²) in [6.45, 7) is 3.33. The number of piperazine rings is 1. The highest BCUT2D eigenvalue weighted by Gasteiger charge is 2.21. The van der Waals surface area contributed by atoms with Gasteiger partial charge in [0, 0.05) is 37.3 Å². The first-order chi connectivity index (χ1) is 9.79.